The van der Waals surface area contributed by atoms with Gasteiger partial charge in [0.25, 0.3) is 6.47 Å². The van der Waals surface area contributed by atoms with E-state index in [1.165, 1.54) is 12.1 Å². The Morgan fingerprint density at radius 1 is 1.09 bits per heavy atom. The molecular weight excluding hydrogens is 293 g/mol. The van der Waals surface area contributed by atoms with Gasteiger partial charge < -0.3 is 4.74 Å². The summed E-state index contributed by atoms with van der Waals surface area (Å²) in [4.78, 5) is 15.7. The van der Waals surface area contributed by atoms with Gasteiger partial charge in [0.15, 0.2) is 5.75 Å². The lowest BCUT2D eigenvalue weighted by atomic mass is 9.97. The molecule has 114 valence electrons. The second-order valence-electron chi connectivity index (χ2n) is 5.71. The smallest absolute Gasteiger partial charge is 0.298 e. The first-order valence-corrected chi connectivity index (χ1v) is 7.57. The van der Waals surface area contributed by atoms with E-state index in [2.05, 4.69) is 0 Å². The van der Waals surface area contributed by atoms with Crippen molar-refractivity contribution in [3.63, 3.8) is 0 Å². The summed E-state index contributed by atoms with van der Waals surface area (Å²) in [7, 11) is 0. The molecule has 0 radical (unpaired) electrons. The number of rotatable bonds is 4. The molecule has 3 aromatic rings. The second kappa shape index (κ2) is 5.47. The number of nitrogens with zero attached hydrogens (tertiary/aromatic N) is 1. The Hall–Kier alpha value is -2.75. The first-order chi connectivity index (χ1) is 11.3. The maximum Gasteiger partial charge on any atom is 0.298 e. The van der Waals surface area contributed by atoms with Crippen molar-refractivity contribution in [2.24, 2.45) is 0 Å². The van der Waals surface area contributed by atoms with Crippen LogP contribution >= 0.6 is 0 Å². The molecule has 0 aliphatic heterocycles. The number of ether oxygens (including phenoxy) is 1. The summed E-state index contributed by atoms with van der Waals surface area (Å²) in [5, 5.41) is 0.889. The summed E-state index contributed by atoms with van der Waals surface area (Å²) < 4.78 is 18.6. The van der Waals surface area contributed by atoms with Crippen molar-refractivity contribution >= 4 is 17.4 Å². The zero-order valence-corrected chi connectivity index (χ0v) is 12.3. The highest BCUT2D eigenvalue weighted by Gasteiger charge is 2.31. The average molecular weight is 307 g/mol. The number of hydrogen-bond acceptors (Lipinski definition) is 3. The minimum Gasteiger partial charge on any atom is -0.426 e. The van der Waals surface area contributed by atoms with Crippen LogP contribution < -0.4 is 4.74 Å². The Balaban J connectivity index is 2.06. The Morgan fingerprint density at radius 3 is 2.52 bits per heavy atom. The van der Waals surface area contributed by atoms with Crippen molar-refractivity contribution in [3.05, 3.63) is 60.0 Å². The summed E-state index contributed by atoms with van der Waals surface area (Å²) in [5.74, 6) is 0.522. The van der Waals surface area contributed by atoms with Gasteiger partial charge >= 0.3 is 0 Å². The van der Waals surface area contributed by atoms with Crippen molar-refractivity contribution in [2.75, 3.05) is 0 Å². The summed E-state index contributed by atoms with van der Waals surface area (Å²) >= 11 is 0. The van der Waals surface area contributed by atoms with E-state index in [-0.39, 0.29) is 5.82 Å². The molecule has 0 saturated heterocycles. The Kier molecular flexibility index (Phi) is 3.30. The van der Waals surface area contributed by atoms with Crippen LogP contribution in [0.25, 0.3) is 22.0 Å². The molecule has 1 heterocycles. The normalized spacial score (nSPS) is 14.0. The van der Waals surface area contributed by atoms with Crippen LogP contribution in [0, 0.1) is 5.82 Å². The molecule has 1 aromatic heterocycles. The zero-order chi connectivity index (χ0) is 15.8. The van der Waals surface area contributed by atoms with E-state index in [9.17, 15) is 9.18 Å². The summed E-state index contributed by atoms with van der Waals surface area (Å²) in [6.07, 6.45) is 2.09. The number of carbonyl (C=O) groups excluding carboxylic acids is 1. The van der Waals surface area contributed by atoms with Crippen LogP contribution in [0.15, 0.2) is 48.5 Å². The Morgan fingerprint density at radius 2 is 1.83 bits per heavy atom. The molecule has 1 saturated carbocycles. The van der Waals surface area contributed by atoms with Crippen molar-refractivity contribution < 1.29 is 13.9 Å². The van der Waals surface area contributed by atoms with Gasteiger partial charge in [-0.25, -0.2) is 9.37 Å². The van der Waals surface area contributed by atoms with Crippen LogP contribution in [-0.2, 0) is 4.79 Å². The van der Waals surface area contributed by atoms with Gasteiger partial charge in [0, 0.05) is 16.9 Å². The molecule has 0 bridgehead atoms. The molecule has 3 nitrogen and oxygen atoms in total. The fraction of sp³-hybridized carbons (Fsp3) is 0.158. The third-order valence-electron chi connectivity index (χ3n) is 4.14. The van der Waals surface area contributed by atoms with Crippen molar-refractivity contribution in [2.45, 2.75) is 18.8 Å². The third kappa shape index (κ3) is 2.46. The number of halogens is 1. The van der Waals surface area contributed by atoms with Gasteiger partial charge in [-0.1, -0.05) is 30.3 Å². The minimum absolute atomic E-state index is 0.299. The maximum atomic E-state index is 13.3. The predicted octanol–water partition coefficient (Wildman–Crippen LogP) is 4.45. The zero-order valence-electron chi connectivity index (χ0n) is 12.3. The first kappa shape index (κ1) is 13.9. The van der Waals surface area contributed by atoms with Crippen LogP contribution in [0.4, 0.5) is 4.39 Å². The Labute approximate surface area is 132 Å². The van der Waals surface area contributed by atoms with Crippen LogP contribution in [-0.4, -0.2) is 11.5 Å². The summed E-state index contributed by atoms with van der Waals surface area (Å²) in [5.41, 5.74) is 3.27. The highest BCUT2D eigenvalue weighted by atomic mass is 19.1. The van der Waals surface area contributed by atoms with E-state index in [1.807, 2.05) is 24.3 Å². The van der Waals surface area contributed by atoms with Gasteiger partial charge in [-0.3, -0.25) is 4.79 Å². The lowest BCUT2D eigenvalue weighted by molar-refractivity contribution is -0.120. The minimum atomic E-state index is -0.299. The second-order valence-corrected chi connectivity index (χ2v) is 5.71. The Bertz CT molecular complexity index is 886. The molecule has 0 spiro atoms. The van der Waals surface area contributed by atoms with Crippen molar-refractivity contribution in [3.8, 4) is 16.9 Å². The van der Waals surface area contributed by atoms with E-state index < -0.39 is 0 Å². The van der Waals surface area contributed by atoms with Crippen molar-refractivity contribution in [1.82, 2.24) is 4.98 Å². The van der Waals surface area contributed by atoms with Crippen LogP contribution in [0.3, 0.4) is 0 Å². The standard InChI is InChI=1S/C19H14FNO2/c20-14-9-7-12(8-10-14)17-15-3-1-2-4-16(15)21-18(13-5-6-13)19(17)23-11-22/h1-4,7-11,13H,5-6H2. The molecule has 0 amide bonds. The van der Waals surface area contributed by atoms with Crippen molar-refractivity contribution in [1.29, 1.82) is 0 Å². The lowest BCUT2D eigenvalue weighted by Gasteiger charge is -2.15. The largest absolute Gasteiger partial charge is 0.426 e. The first-order valence-electron chi connectivity index (χ1n) is 7.57. The maximum absolute atomic E-state index is 13.3. The van der Waals surface area contributed by atoms with E-state index in [1.54, 1.807) is 12.1 Å². The molecule has 1 fully saturated rings. The molecule has 4 heteroatoms. The van der Waals surface area contributed by atoms with Gasteiger partial charge in [-0.15, -0.1) is 0 Å². The van der Waals surface area contributed by atoms with E-state index in [0.29, 0.717) is 18.1 Å². The number of hydrogen-bond donors (Lipinski definition) is 0. The lowest BCUT2D eigenvalue weighted by Crippen LogP contribution is -2.01. The molecule has 23 heavy (non-hydrogen) atoms. The number of fused-ring (bicyclic) bond motifs is 1. The quantitative estimate of drug-likeness (QED) is 0.668. The predicted molar refractivity (Wildman–Crippen MR) is 85.8 cm³/mol. The molecule has 1 aliphatic rings. The highest BCUT2D eigenvalue weighted by Crippen LogP contribution is 2.48. The summed E-state index contributed by atoms with van der Waals surface area (Å²) in [6, 6.07) is 13.9. The molecule has 0 unspecified atom stereocenters. The van der Waals surface area contributed by atoms with Gasteiger partial charge in [0.05, 0.1) is 11.2 Å². The third-order valence-corrected chi connectivity index (χ3v) is 4.14. The van der Waals surface area contributed by atoms with Crippen LogP contribution in [0.1, 0.15) is 24.5 Å². The van der Waals surface area contributed by atoms with E-state index in [0.717, 1.165) is 40.6 Å². The monoisotopic (exact) mass is 307 g/mol. The highest BCUT2D eigenvalue weighted by molar-refractivity contribution is 5.98. The molecule has 0 atom stereocenters. The average Bonchev–Trinajstić information content (AvgIpc) is 3.40. The fourth-order valence-electron chi connectivity index (χ4n) is 2.92. The topological polar surface area (TPSA) is 39.2 Å². The number of aromatic nitrogens is 1. The fourth-order valence-corrected chi connectivity index (χ4v) is 2.92. The number of carbonyl (C=O) groups is 1. The number of benzene rings is 2. The van der Waals surface area contributed by atoms with E-state index in [4.69, 9.17) is 9.72 Å². The van der Waals surface area contributed by atoms with Crippen LogP contribution in [0.5, 0.6) is 5.75 Å². The molecule has 0 N–H and O–H groups in total. The molecular formula is C19H14FNO2. The number of para-hydroxylation sites is 1. The SMILES string of the molecule is O=COc1c(C2CC2)nc2ccccc2c1-c1ccc(F)cc1. The summed E-state index contributed by atoms with van der Waals surface area (Å²) in [6.45, 7) is 0.435. The van der Waals surface area contributed by atoms with Gasteiger partial charge in [0.2, 0.25) is 0 Å². The van der Waals surface area contributed by atoms with Gasteiger partial charge in [0.1, 0.15) is 5.82 Å². The number of pyridine rings is 1. The molecule has 2 aromatic carbocycles. The van der Waals surface area contributed by atoms with Crippen LogP contribution in [0.2, 0.25) is 0 Å². The van der Waals surface area contributed by atoms with E-state index >= 15 is 0 Å². The molecule has 1 aliphatic carbocycles. The van der Waals surface area contributed by atoms with Gasteiger partial charge in [-0.2, -0.15) is 0 Å². The molecule has 4 rings (SSSR count). The van der Waals surface area contributed by atoms with Gasteiger partial charge in [-0.05, 0) is 36.6 Å².